The third-order valence-electron chi connectivity index (χ3n) is 4.57. The second kappa shape index (κ2) is 4.45. The molecule has 3 nitrogen and oxygen atoms in total. The predicted molar refractivity (Wildman–Crippen MR) is 69.0 cm³/mol. The molecule has 3 rings (SSSR count). The molecular weight excluding hydrogens is 210 g/mol. The molecule has 1 aromatic rings. The number of nitrogens with one attached hydrogen (secondary N) is 1. The van der Waals surface area contributed by atoms with E-state index in [-0.39, 0.29) is 0 Å². The van der Waals surface area contributed by atoms with Gasteiger partial charge in [0.1, 0.15) is 0 Å². The molecule has 94 valence electrons. The predicted octanol–water partition coefficient (Wildman–Crippen LogP) is 2.54. The van der Waals surface area contributed by atoms with Crippen molar-refractivity contribution in [2.75, 3.05) is 13.1 Å². The Morgan fingerprint density at radius 2 is 2.35 bits per heavy atom. The Labute approximate surface area is 104 Å². The molecule has 0 radical (unpaired) electrons. The summed E-state index contributed by atoms with van der Waals surface area (Å²) < 4.78 is 2.41. The van der Waals surface area contributed by atoms with E-state index in [0.717, 1.165) is 6.54 Å². The van der Waals surface area contributed by atoms with Gasteiger partial charge < -0.3 is 9.88 Å². The Bertz CT molecular complexity index is 373. The second-order valence-corrected chi connectivity index (χ2v) is 6.15. The van der Waals surface area contributed by atoms with Gasteiger partial charge in [0.2, 0.25) is 0 Å². The maximum atomic E-state index is 4.38. The highest BCUT2D eigenvalue weighted by Gasteiger charge is 2.33. The van der Waals surface area contributed by atoms with E-state index >= 15 is 0 Å². The summed E-state index contributed by atoms with van der Waals surface area (Å²) in [6.07, 6.45) is 10.9. The molecule has 2 heterocycles. The minimum atomic E-state index is 0.539. The molecule has 0 amide bonds. The summed E-state index contributed by atoms with van der Waals surface area (Å²) in [5, 5.41) is 3.50. The van der Waals surface area contributed by atoms with Crippen LogP contribution in [0.3, 0.4) is 0 Å². The second-order valence-electron chi connectivity index (χ2n) is 6.15. The molecule has 1 saturated heterocycles. The topological polar surface area (TPSA) is 29.9 Å². The van der Waals surface area contributed by atoms with Crippen molar-refractivity contribution in [3.63, 3.8) is 0 Å². The maximum Gasteiger partial charge on any atom is 0.0948 e. The van der Waals surface area contributed by atoms with Crippen molar-refractivity contribution in [3.8, 4) is 0 Å². The van der Waals surface area contributed by atoms with Gasteiger partial charge in [0, 0.05) is 30.9 Å². The van der Waals surface area contributed by atoms with E-state index < -0.39 is 0 Å². The quantitative estimate of drug-likeness (QED) is 0.869. The molecule has 2 fully saturated rings. The molecule has 2 aliphatic rings. The maximum absolute atomic E-state index is 4.38. The Morgan fingerprint density at radius 3 is 3.00 bits per heavy atom. The number of rotatable bonds is 3. The molecule has 17 heavy (non-hydrogen) atoms. The average molecular weight is 233 g/mol. The summed E-state index contributed by atoms with van der Waals surface area (Å²) in [7, 11) is 0. The van der Waals surface area contributed by atoms with Crippen molar-refractivity contribution in [2.24, 2.45) is 5.41 Å². The standard InChI is InChI=1S/C14H23N3/c1-14(5-3-6-14)10-17-11-16-9-13(17)12-4-2-7-15-8-12/h9,11-12,15H,2-8,10H2,1H3. The fourth-order valence-corrected chi connectivity index (χ4v) is 3.26. The third kappa shape index (κ3) is 2.25. The molecule has 1 N–H and O–H groups in total. The normalized spacial score (nSPS) is 27.7. The van der Waals surface area contributed by atoms with Gasteiger partial charge in [-0.15, -0.1) is 0 Å². The lowest BCUT2D eigenvalue weighted by Crippen LogP contribution is -2.33. The number of hydrogen-bond acceptors (Lipinski definition) is 2. The number of piperidine rings is 1. The first-order valence-electron chi connectivity index (χ1n) is 6.98. The summed E-state index contributed by atoms with van der Waals surface area (Å²) in [5.74, 6) is 0.676. The molecule has 3 heteroatoms. The SMILES string of the molecule is CC1(Cn2cncc2C2CCCNC2)CCC1. The van der Waals surface area contributed by atoms with Crippen molar-refractivity contribution < 1.29 is 0 Å². The molecule has 1 saturated carbocycles. The molecule has 1 aliphatic heterocycles. The number of hydrogen-bond donors (Lipinski definition) is 1. The molecule has 1 atom stereocenters. The van der Waals surface area contributed by atoms with Crippen LogP contribution in [-0.2, 0) is 6.54 Å². The van der Waals surface area contributed by atoms with Crippen molar-refractivity contribution in [3.05, 3.63) is 18.2 Å². The zero-order chi connectivity index (χ0) is 11.7. The molecule has 1 aromatic heterocycles. The van der Waals surface area contributed by atoms with Crippen molar-refractivity contribution in [1.82, 2.24) is 14.9 Å². The first-order chi connectivity index (χ1) is 8.27. The van der Waals surface area contributed by atoms with Crippen LogP contribution in [-0.4, -0.2) is 22.6 Å². The van der Waals surface area contributed by atoms with Crippen LogP contribution in [0, 0.1) is 5.41 Å². The van der Waals surface area contributed by atoms with Gasteiger partial charge in [0.25, 0.3) is 0 Å². The van der Waals surface area contributed by atoms with Crippen LogP contribution in [0.15, 0.2) is 12.5 Å². The summed E-state index contributed by atoms with van der Waals surface area (Å²) >= 11 is 0. The summed E-state index contributed by atoms with van der Waals surface area (Å²) in [5.41, 5.74) is 1.99. The fourth-order valence-electron chi connectivity index (χ4n) is 3.26. The lowest BCUT2D eigenvalue weighted by Gasteiger charge is -2.39. The van der Waals surface area contributed by atoms with E-state index in [1.807, 2.05) is 6.33 Å². The van der Waals surface area contributed by atoms with E-state index in [0.29, 0.717) is 11.3 Å². The first kappa shape index (κ1) is 11.3. The van der Waals surface area contributed by atoms with E-state index in [4.69, 9.17) is 0 Å². The lowest BCUT2D eigenvalue weighted by atomic mass is 9.70. The van der Waals surface area contributed by atoms with Gasteiger partial charge in [0.05, 0.1) is 6.33 Å². The highest BCUT2D eigenvalue weighted by atomic mass is 15.1. The first-order valence-corrected chi connectivity index (χ1v) is 6.98. The average Bonchev–Trinajstić information content (AvgIpc) is 2.76. The summed E-state index contributed by atoms with van der Waals surface area (Å²) in [4.78, 5) is 4.38. The van der Waals surface area contributed by atoms with Gasteiger partial charge in [0.15, 0.2) is 0 Å². The number of imidazole rings is 1. The monoisotopic (exact) mass is 233 g/mol. The third-order valence-corrected chi connectivity index (χ3v) is 4.57. The van der Waals surface area contributed by atoms with Crippen LogP contribution in [0.4, 0.5) is 0 Å². The minimum absolute atomic E-state index is 0.539. The molecule has 0 spiro atoms. The van der Waals surface area contributed by atoms with Crippen LogP contribution in [0.25, 0.3) is 0 Å². The largest absolute Gasteiger partial charge is 0.334 e. The van der Waals surface area contributed by atoms with Crippen molar-refractivity contribution in [2.45, 2.75) is 51.5 Å². The Hall–Kier alpha value is -0.830. The zero-order valence-corrected chi connectivity index (χ0v) is 10.8. The smallest absolute Gasteiger partial charge is 0.0948 e. The van der Waals surface area contributed by atoms with Crippen LogP contribution < -0.4 is 5.32 Å². The van der Waals surface area contributed by atoms with Crippen LogP contribution in [0.1, 0.15) is 50.6 Å². The highest BCUT2D eigenvalue weighted by Crippen LogP contribution is 2.42. The van der Waals surface area contributed by atoms with Gasteiger partial charge in [-0.25, -0.2) is 4.98 Å². The zero-order valence-electron chi connectivity index (χ0n) is 10.8. The molecule has 1 unspecified atom stereocenters. The summed E-state index contributed by atoms with van der Waals surface area (Å²) in [6, 6.07) is 0. The fraction of sp³-hybridized carbons (Fsp3) is 0.786. The minimum Gasteiger partial charge on any atom is -0.334 e. The van der Waals surface area contributed by atoms with Gasteiger partial charge >= 0.3 is 0 Å². The Morgan fingerprint density at radius 1 is 1.47 bits per heavy atom. The van der Waals surface area contributed by atoms with E-state index in [1.165, 1.54) is 50.9 Å². The van der Waals surface area contributed by atoms with E-state index in [1.54, 1.807) is 0 Å². The highest BCUT2D eigenvalue weighted by molar-refractivity contribution is 5.09. The van der Waals surface area contributed by atoms with Crippen molar-refractivity contribution >= 4 is 0 Å². The molecule has 1 aliphatic carbocycles. The van der Waals surface area contributed by atoms with Gasteiger partial charge in [-0.3, -0.25) is 0 Å². The van der Waals surface area contributed by atoms with Crippen molar-refractivity contribution in [1.29, 1.82) is 0 Å². The number of aromatic nitrogens is 2. The molecule has 0 bridgehead atoms. The Balaban J connectivity index is 1.73. The molecular formula is C14H23N3. The van der Waals surface area contributed by atoms with Gasteiger partial charge in [-0.05, 0) is 37.6 Å². The number of nitrogens with zero attached hydrogens (tertiary/aromatic N) is 2. The van der Waals surface area contributed by atoms with Crippen LogP contribution >= 0.6 is 0 Å². The van der Waals surface area contributed by atoms with E-state index in [2.05, 4.69) is 28.0 Å². The lowest BCUT2D eigenvalue weighted by molar-refractivity contribution is 0.130. The van der Waals surface area contributed by atoms with Crippen LogP contribution in [0.5, 0.6) is 0 Å². The van der Waals surface area contributed by atoms with Gasteiger partial charge in [-0.2, -0.15) is 0 Å². The Kier molecular flexibility index (Phi) is 2.95. The summed E-state index contributed by atoms with van der Waals surface area (Å²) in [6.45, 7) is 5.89. The van der Waals surface area contributed by atoms with E-state index in [9.17, 15) is 0 Å². The van der Waals surface area contributed by atoms with Gasteiger partial charge in [-0.1, -0.05) is 13.3 Å². The van der Waals surface area contributed by atoms with Crippen LogP contribution in [0.2, 0.25) is 0 Å². The molecule has 0 aromatic carbocycles.